The summed E-state index contributed by atoms with van der Waals surface area (Å²) < 4.78 is 5.87. The maximum atomic E-state index is 5.87. The summed E-state index contributed by atoms with van der Waals surface area (Å²) in [7, 11) is 0. The van der Waals surface area contributed by atoms with Crippen LogP contribution >= 0.6 is 0 Å². The molecule has 0 aromatic heterocycles. The fourth-order valence-corrected chi connectivity index (χ4v) is 2.32. The molecule has 0 spiro atoms. The number of rotatable bonds is 8. The highest BCUT2D eigenvalue weighted by Crippen LogP contribution is 2.19. The summed E-state index contributed by atoms with van der Waals surface area (Å²) in [4.78, 5) is 0. The Morgan fingerprint density at radius 2 is 1.75 bits per heavy atom. The average molecular weight is 228 g/mol. The van der Waals surface area contributed by atoms with Crippen LogP contribution in [0.25, 0.3) is 0 Å². The van der Waals surface area contributed by atoms with Gasteiger partial charge < -0.3 is 15.4 Å². The normalized spacial score (nSPS) is 19.5. The third-order valence-corrected chi connectivity index (χ3v) is 4.08. The summed E-state index contributed by atoms with van der Waals surface area (Å²) in [5.41, 5.74) is 0.414. The summed E-state index contributed by atoms with van der Waals surface area (Å²) >= 11 is 0. The molecule has 0 aliphatic carbocycles. The zero-order chi connectivity index (χ0) is 12.1. The maximum Gasteiger partial charge on any atom is 0.0902 e. The molecule has 1 rings (SSSR count). The van der Waals surface area contributed by atoms with E-state index < -0.39 is 0 Å². The van der Waals surface area contributed by atoms with E-state index in [2.05, 4.69) is 38.3 Å². The van der Waals surface area contributed by atoms with E-state index in [-0.39, 0.29) is 5.60 Å². The molecule has 0 atom stereocenters. The molecule has 1 aliphatic heterocycles. The van der Waals surface area contributed by atoms with Crippen LogP contribution in [0.4, 0.5) is 0 Å². The van der Waals surface area contributed by atoms with Crippen LogP contribution in [0.1, 0.15) is 47.0 Å². The molecule has 0 aromatic carbocycles. The summed E-state index contributed by atoms with van der Waals surface area (Å²) in [6.07, 6.45) is 3.58. The van der Waals surface area contributed by atoms with Crippen LogP contribution in [-0.2, 0) is 4.74 Å². The van der Waals surface area contributed by atoms with Gasteiger partial charge in [0.2, 0.25) is 0 Å². The Labute approximate surface area is 100 Å². The predicted molar refractivity (Wildman–Crippen MR) is 68.8 cm³/mol. The highest BCUT2D eigenvalue weighted by Gasteiger charge is 2.32. The number of hydrogen-bond donors (Lipinski definition) is 2. The van der Waals surface area contributed by atoms with Crippen LogP contribution in [0.5, 0.6) is 0 Å². The minimum absolute atomic E-state index is 0.0922. The molecule has 2 N–H and O–H groups in total. The third-order valence-electron chi connectivity index (χ3n) is 4.08. The van der Waals surface area contributed by atoms with Gasteiger partial charge >= 0.3 is 0 Å². The minimum atomic E-state index is 0.0922. The Kier molecular flexibility index (Phi) is 5.22. The average Bonchev–Trinajstić information content (AvgIpc) is 2.28. The van der Waals surface area contributed by atoms with E-state index in [1.165, 1.54) is 19.3 Å². The van der Waals surface area contributed by atoms with Gasteiger partial charge in [0.25, 0.3) is 0 Å². The Balaban J connectivity index is 2.18. The lowest BCUT2D eigenvalue weighted by atomic mass is 9.90. The molecule has 0 bridgehead atoms. The summed E-state index contributed by atoms with van der Waals surface area (Å²) in [6.45, 7) is 12.7. The molecule has 1 heterocycles. The van der Waals surface area contributed by atoms with Crippen LogP contribution in [-0.4, -0.2) is 37.4 Å². The first-order chi connectivity index (χ1) is 7.60. The van der Waals surface area contributed by atoms with Crippen LogP contribution in [0.2, 0.25) is 0 Å². The molecular formula is C13H28N2O. The Bertz CT molecular complexity index is 190. The van der Waals surface area contributed by atoms with Gasteiger partial charge in [0.1, 0.15) is 0 Å². The molecule has 0 aromatic rings. The summed E-state index contributed by atoms with van der Waals surface area (Å²) in [6, 6.07) is 0. The van der Waals surface area contributed by atoms with E-state index >= 15 is 0 Å². The fourth-order valence-electron chi connectivity index (χ4n) is 2.32. The Morgan fingerprint density at radius 3 is 2.12 bits per heavy atom. The largest absolute Gasteiger partial charge is 0.371 e. The maximum absolute atomic E-state index is 5.87. The molecule has 1 fully saturated rings. The summed E-state index contributed by atoms with van der Waals surface area (Å²) in [5.74, 6) is 0. The first-order valence-electron chi connectivity index (χ1n) is 6.69. The lowest BCUT2D eigenvalue weighted by Crippen LogP contribution is -2.59. The lowest BCUT2D eigenvalue weighted by molar-refractivity contribution is -0.0663. The van der Waals surface area contributed by atoms with Gasteiger partial charge in [-0.2, -0.15) is 0 Å². The van der Waals surface area contributed by atoms with Gasteiger partial charge in [-0.3, -0.25) is 0 Å². The number of ether oxygens (including phenoxy) is 1. The monoisotopic (exact) mass is 228 g/mol. The van der Waals surface area contributed by atoms with Gasteiger partial charge in [-0.15, -0.1) is 0 Å². The highest BCUT2D eigenvalue weighted by molar-refractivity contribution is 4.90. The van der Waals surface area contributed by atoms with E-state index in [0.717, 1.165) is 26.2 Å². The van der Waals surface area contributed by atoms with Crippen LogP contribution in [0.3, 0.4) is 0 Å². The molecule has 0 saturated carbocycles. The van der Waals surface area contributed by atoms with Crippen molar-refractivity contribution in [3.8, 4) is 0 Å². The molecular weight excluding hydrogens is 200 g/mol. The predicted octanol–water partition coefficient (Wildman–Crippen LogP) is 1.92. The van der Waals surface area contributed by atoms with Crippen molar-refractivity contribution >= 4 is 0 Å². The molecule has 96 valence electrons. The van der Waals surface area contributed by atoms with Crippen molar-refractivity contribution in [1.29, 1.82) is 0 Å². The minimum Gasteiger partial charge on any atom is -0.371 e. The third kappa shape index (κ3) is 3.44. The lowest BCUT2D eigenvalue weighted by Gasteiger charge is -2.39. The van der Waals surface area contributed by atoms with Gasteiger partial charge in [0.05, 0.1) is 12.2 Å². The van der Waals surface area contributed by atoms with E-state index in [4.69, 9.17) is 4.74 Å². The molecule has 16 heavy (non-hydrogen) atoms. The topological polar surface area (TPSA) is 33.3 Å². The molecule has 0 radical (unpaired) electrons. The van der Waals surface area contributed by atoms with E-state index in [1.54, 1.807) is 0 Å². The first kappa shape index (κ1) is 13.9. The van der Waals surface area contributed by atoms with Crippen molar-refractivity contribution in [1.82, 2.24) is 10.6 Å². The van der Waals surface area contributed by atoms with Crippen molar-refractivity contribution < 1.29 is 4.74 Å². The van der Waals surface area contributed by atoms with E-state index in [9.17, 15) is 0 Å². The first-order valence-corrected chi connectivity index (χ1v) is 6.69. The van der Waals surface area contributed by atoms with Gasteiger partial charge in [0.15, 0.2) is 0 Å². The molecule has 0 unspecified atom stereocenters. The smallest absolute Gasteiger partial charge is 0.0902 e. The van der Waals surface area contributed by atoms with Crippen molar-refractivity contribution in [2.45, 2.75) is 58.1 Å². The van der Waals surface area contributed by atoms with E-state index in [0.29, 0.717) is 5.54 Å². The van der Waals surface area contributed by atoms with Crippen molar-refractivity contribution in [2.24, 2.45) is 0 Å². The standard InChI is InChI=1S/C13H28N2O/c1-5-13(6-2,7-3)15-8-9-16-12(4)10-14-11-12/h14-15H,5-11H2,1-4H3. The Hall–Kier alpha value is -0.120. The second-order valence-electron chi connectivity index (χ2n) is 5.17. The van der Waals surface area contributed by atoms with Gasteiger partial charge in [0, 0.05) is 25.2 Å². The van der Waals surface area contributed by atoms with Gasteiger partial charge in [-0.05, 0) is 26.2 Å². The van der Waals surface area contributed by atoms with Crippen LogP contribution in [0, 0.1) is 0 Å². The molecule has 1 aliphatic rings. The highest BCUT2D eigenvalue weighted by atomic mass is 16.5. The fraction of sp³-hybridized carbons (Fsp3) is 1.00. The molecule has 3 heteroatoms. The SMILES string of the molecule is CCC(CC)(CC)NCCOC1(C)CNC1. The van der Waals surface area contributed by atoms with Gasteiger partial charge in [-0.25, -0.2) is 0 Å². The molecule has 3 nitrogen and oxygen atoms in total. The molecule has 0 amide bonds. The zero-order valence-corrected chi connectivity index (χ0v) is 11.4. The van der Waals surface area contributed by atoms with Crippen LogP contribution < -0.4 is 10.6 Å². The van der Waals surface area contributed by atoms with Gasteiger partial charge in [-0.1, -0.05) is 20.8 Å². The second-order valence-corrected chi connectivity index (χ2v) is 5.17. The van der Waals surface area contributed by atoms with Crippen molar-refractivity contribution in [3.05, 3.63) is 0 Å². The molecule has 1 saturated heterocycles. The van der Waals surface area contributed by atoms with Crippen molar-refractivity contribution in [2.75, 3.05) is 26.2 Å². The number of nitrogens with one attached hydrogen (secondary N) is 2. The number of hydrogen-bond acceptors (Lipinski definition) is 3. The zero-order valence-electron chi connectivity index (χ0n) is 11.4. The second kappa shape index (κ2) is 5.99. The summed E-state index contributed by atoms with van der Waals surface area (Å²) in [5, 5.41) is 6.90. The van der Waals surface area contributed by atoms with Crippen molar-refractivity contribution in [3.63, 3.8) is 0 Å². The Morgan fingerprint density at radius 1 is 1.19 bits per heavy atom. The van der Waals surface area contributed by atoms with Crippen LogP contribution in [0.15, 0.2) is 0 Å². The quantitative estimate of drug-likeness (QED) is 0.623. The van der Waals surface area contributed by atoms with E-state index in [1.807, 2.05) is 0 Å².